The van der Waals surface area contributed by atoms with Crippen LogP contribution < -0.4 is 0 Å². The lowest BCUT2D eigenvalue weighted by Gasteiger charge is -2.29. The molecule has 0 aromatic rings. The van der Waals surface area contributed by atoms with Gasteiger partial charge in [0.25, 0.3) is 0 Å². The van der Waals surface area contributed by atoms with Crippen LogP contribution in [-0.2, 0) is 4.79 Å². The van der Waals surface area contributed by atoms with E-state index in [0.29, 0.717) is 13.0 Å². The number of rotatable bonds is 12. The average molecular weight is 355 g/mol. The zero-order chi connectivity index (χ0) is 18.7. The van der Waals surface area contributed by atoms with Crippen molar-refractivity contribution < 1.29 is 19.2 Å². The molecule has 25 heavy (non-hydrogen) atoms. The molecule has 2 amide bonds. The van der Waals surface area contributed by atoms with E-state index in [0.717, 1.165) is 31.6 Å². The summed E-state index contributed by atoms with van der Waals surface area (Å²) in [7, 11) is 0. The maximum atomic E-state index is 12.5. The highest BCUT2D eigenvalue weighted by Gasteiger charge is 2.52. The number of carbonyl (C=O) groups is 2. The molecule has 0 aliphatic carbocycles. The third-order valence-electron chi connectivity index (χ3n) is 5.84. The van der Waals surface area contributed by atoms with Gasteiger partial charge in [-0.1, -0.05) is 71.6 Å². The third kappa shape index (κ3) is 7.08. The summed E-state index contributed by atoms with van der Waals surface area (Å²) in [4.78, 5) is 24.1. The molecule has 1 aliphatic heterocycles. The van der Waals surface area contributed by atoms with Crippen LogP contribution in [0.15, 0.2) is 0 Å². The monoisotopic (exact) mass is 354 g/mol. The minimum atomic E-state index is -0.951. The maximum absolute atomic E-state index is 12.5. The van der Waals surface area contributed by atoms with Crippen molar-refractivity contribution in [3.05, 3.63) is 0 Å². The van der Waals surface area contributed by atoms with Crippen LogP contribution in [-0.4, -0.2) is 34.2 Å². The van der Waals surface area contributed by atoms with Crippen LogP contribution >= 0.6 is 0 Å². The Kier molecular flexibility index (Phi) is 10.3. The normalized spacial score (nSPS) is 23.3. The Hall–Kier alpha value is -0.900. The fraction of sp³-hybridized carbons (Fsp3) is 0.905. The van der Waals surface area contributed by atoms with Crippen molar-refractivity contribution in [2.45, 2.75) is 110 Å². The summed E-state index contributed by atoms with van der Waals surface area (Å²) in [5.74, 6) is 0.747. The second-order valence-corrected chi connectivity index (χ2v) is 8.37. The zero-order valence-electron chi connectivity index (χ0n) is 16.8. The predicted molar refractivity (Wildman–Crippen MR) is 102 cm³/mol. The molecule has 0 saturated carbocycles. The summed E-state index contributed by atoms with van der Waals surface area (Å²) in [6, 6.07) is -0.0688. The van der Waals surface area contributed by atoms with Crippen LogP contribution in [0.4, 0.5) is 4.79 Å². The van der Waals surface area contributed by atoms with E-state index in [2.05, 4.69) is 13.8 Å². The van der Waals surface area contributed by atoms with Crippen molar-refractivity contribution in [3.63, 3.8) is 0 Å². The highest BCUT2D eigenvalue weighted by molar-refractivity contribution is 5.80. The van der Waals surface area contributed by atoms with Gasteiger partial charge in [0, 0.05) is 12.8 Å². The number of carboxylic acid groups (broad SMARTS) is 1. The van der Waals surface area contributed by atoms with Crippen molar-refractivity contribution >= 4 is 12.0 Å². The van der Waals surface area contributed by atoms with Crippen LogP contribution in [0.3, 0.4) is 0 Å². The third-order valence-corrected chi connectivity index (χ3v) is 5.84. The van der Waals surface area contributed by atoms with Crippen LogP contribution in [0.2, 0.25) is 0 Å². The van der Waals surface area contributed by atoms with Crippen molar-refractivity contribution in [3.8, 4) is 0 Å². The molecule has 2 atom stereocenters. The lowest BCUT2D eigenvalue weighted by molar-refractivity contribution is -0.792. The first-order valence-electron chi connectivity index (χ1n) is 10.6. The summed E-state index contributed by atoms with van der Waals surface area (Å²) in [6.45, 7) is 6.96. The number of hydrogen-bond donors (Lipinski definition) is 1. The molecule has 1 aliphatic rings. The van der Waals surface area contributed by atoms with E-state index < -0.39 is 6.09 Å². The summed E-state index contributed by atoms with van der Waals surface area (Å²) < 4.78 is -0.323. The van der Waals surface area contributed by atoms with Gasteiger partial charge in [-0.05, 0) is 19.3 Å². The number of nitrogens with zero attached hydrogens (tertiary/aromatic N) is 1. The van der Waals surface area contributed by atoms with E-state index in [1.807, 2.05) is 6.92 Å². The fourth-order valence-corrected chi connectivity index (χ4v) is 4.10. The molecule has 0 aromatic carbocycles. The first kappa shape index (κ1) is 22.1. The van der Waals surface area contributed by atoms with E-state index in [9.17, 15) is 14.7 Å². The smallest absolute Gasteiger partial charge is 0.435 e. The van der Waals surface area contributed by atoms with E-state index in [4.69, 9.17) is 0 Å². The fourth-order valence-electron chi connectivity index (χ4n) is 4.10. The molecule has 0 aromatic heterocycles. The summed E-state index contributed by atoms with van der Waals surface area (Å²) in [5, 5.41) is 9.55. The molecule has 0 spiro atoms. The Morgan fingerprint density at radius 3 is 1.92 bits per heavy atom. The Morgan fingerprint density at radius 1 is 0.960 bits per heavy atom. The lowest BCUT2D eigenvalue weighted by Crippen LogP contribution is -2.58. The van der Waals surface area contributed by atoms with Gasteiger partial charge in [0.1, 0.15) is 6.04 Å². The van der Waals surface area contributed by atoms with E-state index in [-0.39, 0.29) is 16.4 Å². The van der Waals surface area contributed by atoms with Crippen molar-refractivity contribution in [2.75, 3.05) is 6.54 Å². The predicted octanol–water partition coefficient (Wildman–Crippen LogP) is 6.14. The molecule has 146 valence electrons. The molecule has 0 radical (unpaired) electrons. The Morgan fingerprint density at radius 2 is 1.48 bits per heavy atom. The van der Waals surface area contributed by atoms with Gasteiger partial charge in [0.15, 0.2) is 0 Å². The second-order valence-electron chi connectivity index (χ2n) is 8.37. The SMILES string of the molecule is CC(C)CCCCCCCCCCCC(=O)[N+]1(C(=O)O)CCC[C@H]1C. The number of likely N-dealkylation sites (tertiary alicyclic amines) is 1. The maximum Gasteiger partial charge on any atom is 0.521 e. The largest absolute Gasteiger partial charge is 0.521 e. The number of amides is 2. The molecule has 0 bridgehead atoms. The number of unbranched alkanes of at least 4 members (excludes halogenated alkanes) is 8. The molecule has 1 unspecified atom stereocenters. The van der Waals surface area contributed by atoms with Crippen LogP contribution in [0.25, 0.3) is 0 Å². The molecule has 1 heterocycles. The quantitative estimate of drug-likeness (QED) is 0.338. The summed E-state index contributed by atoms with van der Waals surface area (Å²) >= 11 is 0. The molecule has 1 N–H and O–H groups in total. The Balaban J connectivity index is 2.06. The van der Waals surface area contributed by atoms with Gasteiger partial charge in [-0.25, -0.2) is 4.79 Å². The van der Waals surface area contributed by atoms with Gasteiger partial charge in [0.05, 0.1) is 13.0 Å². The van der Waals surface area contributed by atoms with E-state index in [1.165, 1.54) is 51.4 Å². The van der Waals surface area contributed by atoms with Crippen molar-refractivity contribution in [1.29, 1.82) is 0 Å². The first-order chi connectivity index (χ1) is 11.9. The van der Waals surface area contributed by atoms with Gasteiger partial charge < -0.3 is 5.11 Å². The van der Waals surface area contributed by atoms with Crippen molar-refractivity contribution in [2.24, 2.45) is 5.92 Å². The number of hydrogen-bond acceptors (Lipinski definition) is 2. The van der Waals surface area contributed by atoms with Crippen molar-refractivity contribution in [1.82, 2.24) is 0 Å². The van der Waals surface area contributed by atoms with Crippen LogP contribution in [0.1, 0.15) is 104 Å². The first-order valence-corrected chi connectivity index (χ1v) is 10.6. The average Bonchev–Trinajstić information content (AvgIpc) is 2.94. The van der Waals surface area contributed by atoms with Crippen LogP contribution in [0, 0.1) is 5.92 Å². The Bertz CT molecular complexity index is 408. The Labute approximate surface area is 154 Å². The van der Waals surface area contributed by atoms with E-state index in [1.54, 1.807) is 0 Å². The molecular formula is C21H40NO3+. The molecule has 1 rings (SSSR count). The van der Waals surface area contributed by atoms with Gasteiger partial charge >= 0.3 is 12.0 Å². The minimum Gasteiger partial charge on any atom is -0.435 e. The highest BCUT2D eigenvalue weighted by atomic mass is 16.4. The number of quaternary nitrogens is 1. The summed E-state index contributed by atoms with van der Waals surface area (Å²) in [5.41, 5.74) is 0. The highest BCUT2D eigenvalue weighted by Crippen LogP contribution is 2.29. The molecule has 1 saturated heterocycles. The minimum absolute atomic E-state index is 0.0688. The van der Waals surface area contributed by atoms with Gasteiger partial charge in [-0.3, -0.25) is 0 Å². The standard InChI is InChI=1S/C21H39NO3/c1-18(2)14-11-9-7-5-4-6-8-10-12-16-20(23)22(21(24)25)17-13-15-19(22)3/h18-19H,4-17H2,1-3H3/p+1/t19-,22?/m1/s1. The molecular weight excluding hydrogens is 314 g/mol. The second kappa shape index (κ2) is 11.7. The summed E-state index contributed by atoms with van der Waals surface area (Å²) in [6.07, 6.45) is 13.5. The number of imide groups is 1. The lowest BCUT2D eigenvalue weighted by atomic mass is 10.0. The zero-order valence-corrected chi connectivity index (χ0v) is 16.8. The van der Waals surface area contributed by atoms with Gasteiger partial charge in [0.2, 0.25) is 0 Å². The van der Waals surface area contributed by atoms with Gasteiger partial charge in [-0.2, -0.15) is 9.28 Å². The van der Waals surface area contributed by atoms with Gasteiger partial charge in [-0.15, -0.1) is 0 Å². The molecule has 4 nitrogen and oxygen atoms in total. The number of carbonyl (C=O) groups excluding carboxylic acids is 1. The van der Waals surface area contributed by atoms with Crippen LogP contribution in [0.5, 0.6) is 0 Å². The molecule has 1 fully saturated rings. The molecule has 4 heteroatoms. The van der Waals surface area contributed by atoms with E-state index >= 15 is 0 Å². The topological polar surface area (TPSA) is 54.4 Å².